The Morgan fingerprint density at radius 1 is 1.18 bits per heavy atom. The molecule has 2 heterocycles. The molecule has 146 valence electrons. The zero-order chi connectivity index (χ0) is 20.3. The van der Waals surface area contributed by atoms with Crippen molar-refractivity contribution in [3.63, 3.8) is 0 Å². The van der Waals surface area contributed by atoms with Crippen LogP contribution in [-0.4, -0.2) is 23.0 Å². The molecule has 0 aliphatic carbocycles. The minimum atomic E-state index is -0.454. The lowest BCUT2D eigenvalue weighted by Gasteiger charge is -2.19. The predicted molar refractivity (Wildman–Crippen MR) is 114 cm³/mol. The Hall–Kier alpha value is -2.62. The van der Waals surface area contributed by atoms with Crippen molar-refractivity contribution in [2.24, 2.45) is 7.05 Å². The van der Waals surface area contributed by atoms with Crippen molar-refractivity contribution in [2.45, 2.75) is 19.9 Å². The zero-order valence-corrected chi connectivity index (χ0v) is 17.7. The second-order valence-corrected chi connectivity index (χ2v) is 7.61. The van der Waals surface area contributed by atoms with Crippen LogP contribution in [0.4, 0.5) is 0 Å². The number of carbonyl (C=O) groups is 2. The fourth-order valence-electron chi connectivity index (χ4n) is 2.84. The summed E-state index contributed by atoms with van der Waals surface area (Å²) < 4.78 is 8.18. The highest BCUT2D eigenvalue weighted by atomic mass is 127. The Bertz CT molecular complexity index is 1030. The van der Waals surface area contributed by atoms with Gasteiger partial charge in [0, 0.05) is 39.7 Å². The lowest BCUT2D eigenvalue weighted by Crippen LogP contribution is -2.37. The van der Waals surface area contributed by atoms with E-state index < -0.39 is 11.8 Å². The van der Waals surface area contributed by atoms with Crippen LogP contribution in [-0.2, 0) is 18.4 Å². The normalized spacial score (nSPS) is 14.6. The van der Waals surface area contributed by atoms with Gasteiger partial charge in [-0.25, -0.2) is 0 Å². The number of hydrogen-bond donors (Lipinski definition) is 2. The van der Waals surface area contributed by atoms with Crippen LogP contribution in [0.25, 0.3) is 5.57 Å². The third kappa shape index (κ3) is 4.27. The number of amides is 2. The van der Waals surface area contributed by atoms with Crippen LogP contribution in [0.1, 0.15) is 35.0 Å². The number of aryl methyl sites for hydroxylation is 1. The van der Waals surface area contributed by atoms with E-state index >= 15 is 0 Å². The molecule has 8 heteroatoms. The Balaban J connectivity index is 1.82. The first-order valence-corrected chi connectivity index (χ1v) is 9.90. The van der Waals surface area contributed by atoms with Crippen LogP contribution >= 0.6 is 22.6 Å². The number of aromatic nitrogens is 1. The zero-order valence-electron chi connectivity index (χ0n) is 15.5. The lowest BCUT2D eigenvalue weighted by atomic mass is 9.96. The van der Waals surface area contributed by atoms with Gasteiger partial charge < -0.3 is 14.6 Å². The third-order valence-corrected chi connectivity index (χ3v) is 4.95. The summed E-state index contributed by atoms with van der Waals surface area (Å²) >= 11 is 2.14. The molecule has 2 N–H and O–H groups in total. The summed E-state index contributed by atoms with van der Waals surface area (Å²) in [5, 5.41) is 5.41. The maximum Gasteiger partial charge on any atom is 0.260 e. The van der Waals surface area contributed by atoms with Crippen LogP contribution in [0.5, 0.6) is 5.75 Å². The molecule has 0 fully saturated rings. The molecular weight excluding hydrogens is 473 g/mol. The van der Waals surface area contributed by atoms with Crippen LogP contribution < -0.4 is 20.8 Å². The van der Waals surface area contributed by atoms with Gasteiger partial charge in [-0.1, -0.05) is 6.92 Å². The summed E-state index contributed by atoms with van der Waals surface area (Å²) in [6.45, 7) is 2.80. The van der Waals surface area contributed by atoms with Gasteiger partial charge in [0.15, 0.2) is 5.75 Å². The van der Waals surface area contributed by atoms with E-state index in [1.165, 1.54) is 6.07 Å². The minimum Gasteiger partial charge on any atom is -0.488 e. The molecule has 0 radical (unpaired) electrons. The van der Waals surface area contributed by atoms with Crippen LogP contribution in [0, 0.1) is 3.57 Å². The molecular formula is C20H20IN3O4. The van der Waals surface area contributed by atoms with Gasteiger partial charge in [-0.3, -0.25) is 19.7 Å². The van der Waals surface area contributed by atoms with Crippen molar-refractivity contribution in [1.29, 1.82) is 0 Å². The van der Waals surface area contributed by atoms with Crippen molar-refractivity contribution in [3.8, 4) is 5.75 Å². The number of hydrogen-bond acceptors (Lipinski definition) is 5. The number of nitrogens with zero attached hydrogens (tertiary/aromatic N) is 1. The van der Waals surface area contributed by atoms with E-state index in [1.54, 1.807) is 29.1 Å². The monoisotopic (exact) mass is 493 g/mol. The summed E-state index contributed by atoms with van der Waals surface area (Å²) in [5.41, 5.74) is 1.97. The van der Waals surface area contributed by atoms with Gasteiger partial charge in [0.2, 0.25) is 5.43 Å². The molecule has 3 rings (SSSR count). The first-order chi connectivity index (χ1) is 13.4. The number of halogens is 1. The smallest absolute Gasteiger partial charge is 0.260 e. The summed E-state index contributed by atoms with van der Waals surface area (Å²) in [5.74, 6) is -0.539. The number of imide groups is 1. The van der Waals surface area contributed by atoms with Gasteiger partial charge in [0.1, 0.15) is 0 Å². The molecule has 0 spiro atoms. The van der Waals surface area contributed by atoms with E-state index in [9.17, 15) is 14.4 Å². The fraction of sp³-hybridized carbons (Fsp3) is 0.250. The fourth-order valence-corrected chi connectivity index (χ4v) is 3.33. The molecule has 28 heavy (non-hydrogen) atoms. The maximum atomic E-state index is 12.3. The van der Waals surface area contributed by atoms with Crippen LogP contribution in [0.2, 0.25) is 0 Å². The van der Waals surface area contributed by atoms with Crippen molar-refractivity contribution in [3.05, 3.63) is 67.3 Å². The maximum absolute atomic E-state index is 12.3. The van der Waals surface area contributed by atoms with Gasteiger partial charge in [0.25, 0.3) is 11.8 Å². The second-order valence-electron chi connectivity index (χ2n) is 6.36. The van der Waals surface area contributed by atoms with Crippen LogP contribution in [0.15, 0.2) is 41.5 Å². The molecule has 7 nitrogen and oxygen atoms in total. The first kappa shape index (κ1) is 20.1. The minimum absolute atomic E-state index is 0.183. The molecule has 0 saturated heterocycles. The highest BCUT2D eigenvalue weighted by Gasteiger charge is 2.27. The number of ether oxygens (including phenoxy) is 1. The summed E-state index contributed by atoms with van der Waals surface area (Å²) in [4.78, 5) is 36.4. The largest absolute Gasteiger partial charge is 0.488 e. The SMILES string of the molecule is CCCOc1cn(C)c(CN/C=C2\C(=O)NC(=O)c3ccc(I)cc32)cc1=O. The number of pyridine rings is 1. The van der Waals surface area contributed by atoms with Gasteiger partial charge >= 0.3 is 0 Å². The number of benzene rings is 1. The molecule has 1 aromatic carbocycles. The summed E-state index contributed by atoms with van der Waals surface area (Å²) in [6, 6.07) is 6.83. The molecule has 0 saturated carbocycles. The Kier molecular flexibility index (Phi) is 6.18. The third-order valence-electron chi connectivity index (χ3n) is 4.28. The van der Waals surface area contributed by atoms with E-state index in [0.717, 1.165) is 15.7 Å². The molecule has 0 atom stereocenters. The molecule has 2 amide bonds. The van der Waals surface area contributed by atoms with Gasteiger partial charge in [0.05, 0.1) is 24.9 Å². The highest BCUT2D eigenvalue weighted by Crippen LogP contribution is 2.25. The highest BCUT2D eigenvalue weighted by molar-refractivity contribution is 14.1. The Morgan fingerprint density at radius 3 is 2.71 bits per heavy atom. The number of fused-ring (bicyclic) bond motifs is 1. The first-order valence-electron chi connectivity index (χ1n) is 8.82. The average molecular weight is 493 g/mol. The van der Waals surface area contributed by atoms with E-state index in [4.69, 9.17) is 4.74 Å². The second kappa shape index (κ2) is 8.59. The Morgan fingerprint density at radius 2 is 1.96 bits per heavy atom. The van der Waals surface area contributed by atoms with E-state index in [-0.39, 0.29) is 5.43 Å². The topological polar surface area (TPSA) is 89.4 Å². The summed E-state index contributed by atoms with van der Waals surface area (Å²) in [6.07, 6.45) is 4.06. The van der Waals surface area contributed by atoms with Crippen molar-refractivity contribution in [1.82, 2.24) is 15.2 Å². The van der Waals surface area contributed by atoms with E-state index in [2.05, 4.69) is 33.2 Å². The molecule has 1 aliphatic heterocycles. The standard InChI is InChI=1S/C20H20IN3O4/c1-3-6-28-18-11-24(2)13(8-17(18)25)9-22-10-16-15-7-12(21)4-5-14(15)19(26)23-20(16)27/h4-5,7-8,10-11,22H,3,6,9H2,1-2H3,(H,23,26,27)/b16-10-. The number of rotatable bonds is 6. The predicted octanol–water partition coefficient (Wildman–Crippen LogP) is 2.18. The van der Waals surface area contributed by atoms with Crippen LogP contribution in [0.3, 0.4) is 0 Å². The molecule has 0 bridgehead atoms. The molecule has 2 aromatic rings. The quantitative estimate of drug-likeness (QED) is 0.366. The molecule has 1 aromatic heterocycles. The Labute approximate surface area is 175 Å². The molecule has 0 unspecified atom stereocenters. The van der Waals surface area contributed by atoms with E-state index in [0.29, 0.717) is 35.6 Å². The van der Waals surface area contributed by atoms with Gasteiger partial charge in [-0.05, 0) is 47.2 Å². The van der Waals surface area contributed by atoms with Crippen molar-refractivity contribution < 1.29 is 14.3 Å². The number of nitrogens with one attached hydrogen (secondary N) is 2. The average Bonchev–Trinajstić information content (AvgIpc) is 2.65. The van der Waals surface area contributed by atoms with E-state index in [1.807, 2.05) is 20.0 Å². The van der Waals surface area contributed by atoms with Gasteiger partial charge in [-0.2, -0.15) is 0 Å². The van der Waals surface area contributed by atoms with Gasteiger partial charge in [-0.15, -0.1) is 0 Å². The van der Waals surface area contributed by atoms with Crippen molar-refractivity contribution >= 4 is 40.0 Å². The molecule has 1 aliphatic rings. The van der Waals surface area contributed by atoms with Crippen molar-refractivity contribution in [2.75, 3.05) is 6.61 Å². The number of carbonyl (C=O) groups excluding carboxylic acids is 2. The lowest BCUT2D eigenvalue weighted by molar-refractivity contribution is -0.114. The summed E-state index contributed by atoms with van der Waals surface area (Å²) in [7, 11) is 1.83.